The lowest BCUT2D eigenvalue weighted by Gasteiger charge is -2.51. The van der Waals surface area contributed by atoms with E-state index in [9.17, 15) is 9.59 Å². The van der Waals surface area contributed by atoms with Crippen LogP contribution in [0.5, 0.6) is 0 Å². The van der Waals surface area contributed by atoms with Gasteiger partial charge in [0.1, 0.15) is 4.83 Å². The average Bonchev–Trinajstić information content (AvgIpc) is 3.67. The fourth-order valence-corrected chi connectivity index (χ4v) is 6.99. The van der Waals surface area contributed by atoms with Crippen molar-refractivity contribution in [2.24, 2.45) is 0 Å². The molecule has 11 nitrogen and oxygen atoms in total. The largest absolute Gasteiger partial charge is 0.372 e. The molecule has 2 fully saturated rings. The van der Waals surface area contributed by atoms with Gasteiger partial charge in [-0.05, 0) is 45.1 Å². The summed E-state index contributed by atoms with van der Waals surface area (Å²) in [6.07, 6.45) is 12.5. The van der Waals surface area contributed by atoms with Crippen LogP contribution in [0.1, 0.15) is 47.4 Å². The number of hydrogen-bond donors (Lipinski definition) is 2. The molecule has 3 aliphatic heterocycles. The van der Waals surface area contributed by atoms with Crippen molar-refractivity contribution in [1.82, 2.24) is 29.3 Å². The third-order valence-electron chi connectivity index (χ3n) is 7.88. The molecule has 1 spiro atoms. The molecule has 0 saturated carbocycles. The maximum atomic E-state index is 13.3. The van der Waals surface area contributed by atoms with Crippen LogP contribution in [0.2, 0.25) is 0 Å². The summed E-state index contributed by atoms with van der Waals surface area (Å²) < 4.78 is 9.76. The monoisotopic (exact) mass is 546 g/mol. The molecule has 3 aliphatic rings. The van der Waals surface area contributed by atoms with E-state index in [0.717, 1.165) is 67.2 Å². The van der Waals surface area contributed by atoms with Crippen LogP contribution in [0.3, 0.4) is 0 Å². The number of carbonyl (C=O) groups excluding carboxylic acids is 2. The fourth-order valence-electron chi connectivity index (χ4n) is 5.90. The summed E-state index contributed by atoms with van der Waals surface area (Å²) in [4.78, 5) is 34.3. The van der Waals surface area contributed by atoms with Gasteiger partial charge in [0, 0.05) is 43.7 Å². The van der Waals surface area contributed by atoms with E-state index in [2.05, 4.69) is 35.4 Å². The Labute approximate surface area is 229 Å². The average molecular weight is 547 g/mol. The summed E-state index contributed by atoms with van der Waals surface area (Å²) in [5.41, 5.74) is 4.52. The molecule has 0 atom stereocenters. The SMILES string of the molecule is Cc1ncc(NC(=O)CN2CC3(CCCCO3)C2)cc1NC(=O)c1cnn2cc(-c3cnn4c3CCC4)sc12. The maximum Gasteiger partial charge on any atom is 0.260 e. The number of nitrogens with zero attached hydrogens (tertiary/aromatic N) is 6. The first-order valence-electron chi connectivity index (χ1n) is 13.4. The van der Waals surface area contributed by atoms with Crippen LogP contribution in [-0.2, 0) is 22.5 Å². The summed E-state index contributed by atoms with van der Waals surface area (Å²) in [7, 11) is 0. The Balaban J connectivity index is 1.02. The third kappa shape index (κ3) is 4.52. The van der Waals surface area contributed by atoms with Crippen LogP contribution in [0, 0.1) is 6.92 Å². The van der Waals surface area contributed by atoms with Crippen LogP contribution >= 0.6 is 11.3 Å². The Bertz CT molecular complexity index is 1570. The number of nitrogens with one attached hydrogen (secondary N) is 2. The molecule has 0 unspecified atom stereocenters. The van der Waals surface area contributed by atoms with Gasteiger partial charge in [-0.1, -0.05) is 0 Å². The van der Waals surface area contributed by atoms with Crippen LogP contribution in [0.25, 0.3) is 15.3 Å². The molecular weight excluding hydrogens is 516 g/mol. The number of aromatic nitrogens is 5. The number of likely N-dealkylation sites (tertiary alicyclic amines) is 1. The van der Waals surface area contributed by atoms with E-state index < -0.39 is 0 Å². The first-order chi connectivity index (χ1) is 19.0. The molecule has 2 amide bonds. The van der Waals surface area contributed by atoms with Crippen molar-refractivity contribution in [2.75, 3.05) is 36.9 Å². The quantitative estimate of drug-likeness (QED) is 0.381. The molecule has 7 rings (SSSR count). The topological polar surface area (TPSA) is 119 Å². The van der Waals surface area contributed by atoms with Gasteiger partial charge in [0.15, 0.2) is 0 Å². The highest BCUT2D eigenvalue weighted by atomic mass is 32.1. The summed E-state index contributed by atoms with van der Waals surface area (Å²) in [5.74, 6) is -0.384. The predicted octanol–water partition coefficient (Wildman–Crippen LogP) is 3.35. The van der Waals surface area contributed by atoms with Crippen molar-refractivity contribution in [3.05, 3.63) is 47.8 Å². The van der Waals surface area contributed by atoms with E-state index in [-0.39, 0.29) is 17.4 Å². The zero-order chi connectivity index (χ0) is 26.6. The molecule has 4 aromatic rings. The second-order valence-electron chi connectivity index (χ2n) is 10.7. The zero-order valence-corrected chi connectivity index (χ0v) is 22.6. The Kier molecular flexibility index (Phi) is 5.98. The highest BCUT2D eigenvalue weighted by Crippen LogP contribution is 2.35. The molecule has 7 heterocycles. The number of pyridine rings is 1. The number of thiazole rings is 1. The lowest BCUT2D eigenvalue weighted by atomic mass is 9.86. The van der Waals surface area contributed by atoms with Crippen LogP contribution in [-0.4, -0.2) is 72.9 Å². The minimum atomic E-state index is -0.273. The number of anilines is 2. The molecular formula is C27H30N8O3S. The van der Waals surface area contributed by atoms with Crippen molar-refractivity contribution in [3.8, 4) is 10.4 Å². The fraction of sp³-hybridized carbons (Fsp3) is 0.444. The molecule has 2 saturated heterocycles. The number of fused-ring (bicyclic) bond motifs is 2. The van der Waals surface area contributed by atoms with Gasteiger partial charge >= 0.3 is 0 Å². The number of rotatable bonds is 6. The van der Waals surface area contributed by atoms with Gasteiger partial charge in [-0.15, -0.1) is 11.3 Å². The van der Waals surface area contributed by atoms with Crippen LogP contribution < -0.4 is 10.6 Å². The molecule has 12 heteroatoms. The zero-order valence-electron chi connectivity index (χ0n) is 21.8. The van der Waals surface area contributed by atoms with E-state index >= 15 is 0 Å². The first kappa shape index (κ1) is 24.4. The Morgan fingerprint density at radius 1 is 1.13 bits per heavy atom. The minimum Gasteiger partial charge on any atom is -0.372 e. The number of hydrogen-bond acceptors (Lipinski definition) is 8. The number of carbonyl (C=O) groups is 2. The smallest absolute Gasteiger partial charge is 0.260 e. The highest BCUT2D eigenvalue weighted by molar-refractivity contribution is 7.21. The Morgan fingerprint density at radius 2 is 2.03 bits per heavy atom. The summed E-state index contributed by atoms with van der Waals surface area (Å²) >= 11 is 1.53. The molecule has 0 bridgehead atoms. The second-order valence-corrected chi connectivity index (χ2v) is 11.8. The van der Waals surface area contributed by atoms with Gasteiger partial charge in [-0.25, -0.2) is 4.52 Å². The lowest BCUT2D eigenvalue weighted by molar-refractivity contribution is -0.167. The summed E-state index contributed by atoms with van der Waals surface area (Å²) in [6.45, 7) is 5.48. The van der Waals surface area contributed by atoms with Crippen molar-refractivity contribution in [1.29, 1.82) is 0 Å². The van der Waals surface area contributed by atoms with Crippen molar-refractivity contribution in [3.63, 3.8) is 0 Å². The minimum absolute atomic E-state index is 0.0524. The normalized spacial score (nSPS) is 18.3. The van der Waals surface area contributed by atoms with E-state index in [1.54, 1.807) is 23.0 Å². The first-order valence-corrected chi connectivity index (χ1v) is 14.2. The molecule has 0 aliphatic carbocycles. The van der Waals surface area contributed by atoms with Crippen molar-refractivity contribution >= 4 is 39.4 Å². The molecule has 0 aromatic carbocycles. The molecule has 2 N–H and O–H groups in total. The van der Waals surface area contributed by atoms with Gasteiger partial charge in [0.2, 0.25) is 5.91 Å². The van der Waals surface area contributed by atoms with Crippen LogP contribution in [0.15, 0.2) is 30.9 Å². The highest BCUT2D eigenvalue weighted by Gasteiger charge is 2.45. The third-order valence-corrected chi connectivity index (χ3v) is 9.03. The molecule has 39 heavy (non-hydrogen) atoms. The predicted molar refractivity (Wildman–Crippen MR) is 147 cm³/mol. The Morgan fingerprint density at radius 3 is 2.87 bits per heavy atom. The Hall–Kier alpha value is -3.61. The molecule has 202 valence electrons. The van der Waals surface area contributed by atoms with E-state index in [4.69, 9.17) is 4.74 Å². The number of ether oxygens (including phenoxy) is 1. The number of aryl methyl sites for hydroxylation is 2. The van der Waals surface area contributed by atoms with Gasteiger partial charge in [-0.2, -0.15) is 10.2 Å². The summed E-state index contributed by atoms with van der Waals surface area (Å²) in [6, 6.07) is 1.75. The van der Waals surface area contributed by atoms with E-state index in [1.165, 1.54) is 23.5 Å². The second kappa shape index (κ2) is 9.54. The molecule has 0 radical (unpaired) electrons. The van der Waals surface area contributed by atoms with Crippen molar-refractivity contribution < 1.29 is 14.3 Å². The van der Waals surface area contributed by atoms with E-state index in [0.29, 0.717) is 29.2 Å². The number of amides is 2. The van der Waals surface area contributed by atoms with E-state index in [1.807, 2.05) is 19.3 Å². The van der Waals surface area contributed by atoms with Gasteiger partial charge < -0.3 is 15.4 Å². The van der Waals surface area contributed by atoms with Crippen LogP contribution in [0.4, 0.5) is 11.4 Å². The maximum absolute atomic E-state index is 13.3. The van der Waals surface area contributed by atoms with Gasteiger partial charge in [0.25, 0.3) is 5.91 Å². The lowest BCUT2D eigenvalue weighted by Crippen LogP contribution is -2.65. The summed E-state index contributed by atoms with van der Waals surface area (Å²) in [5, 5.41) is 14.8. The standard InChI is InChI=1S/C27H30N8O3S/c1-17-21(9-18(10-28-17)31-24(36)14-33-15-27(16-33)6-2-3-8-38-27)32-25(37)20-12-30-35-13-23(39-26(20)35)19-11-29-34-7-4-5-22(19)34/h9-13H,2-8,14-16H2,1H3,(H,31,36)(H,32,37). The van der Waals surface area contributed by atoms with Gasteiger partial charge in [0.05, 0.1) is 58.2 Å². The molecule has 4 aromatic heterocycles. The van der Waals surface area contributed by atoms with Gasteiger partial charge in [-0.3, -0.25) is 24.2 Å². The van der Waals surface area contributed by atoms with Crippen molar-refractivity contribution in [2.45, 2.75) is 51.2 Å².